The number of phenolic OH excluding ortho intramolecular Hbond substituents is 1. The summed E-state index contributed by atoms with van der Waals surface area (Å²) < 4.78 is 5.53. The fourth-order valence-electron chi connectivity index (χ4n) is 4.45. The number of nitrogens with zero attached hydrogens (tertiary/aromatic N) is 3. The van der Waals surface area contributed by atoms with Crippen LogP contribution >= 0.6 is 0 Å². The van der Waals surface area contributed by atoms with Gasteiger partial charge in [-0.05, 0) is 36.1 Å². The van der Waals surface area contributed by atoms with Crippen molar-refractivity contribution in [3.63, 3.8) is 0 Å². The summed E-state index contributed by atoms with van der Waals surface area (Å²) in [6.45, 7) is 7.89. The first-order valence-corrected chi connectivity index (χ1v) is 11.3. The van der Waals surface area contributed by atoms with Gasteiger partial charge in [-0.3, -0.25) is 9.69 Å². The fourth-order valence-corrected chi connectivity index (χ4v) is 4.45. The molecule has 2 unspecified atom stereocenters. The maximum atomic E-state index is 12.9. The van der Waals surface area contributed by atoms with Crippen molar-refractivity contribution in [1.82, 2.24) is 14.9 Å². The second-order valence-corrected chi connectivity index (χ2v) is 7.97. The molecule has 2 aromatic rings. The van der Waals surface area contributed by atoms with Crippen LogP contribution in [0.4, 0.5) is 4.79 Å². The molecule has 172 valence electrons. The molecular formula is C25H33N3O4. The molecule has 2 aliphatic heterocycles. The van der Waals surface area contributed by atoms with Crippen molar-refractivity contribution in [2.24, 2.45) is 0 Å². The lowest BCUT2D eigenvalue weighted by atomic mass is 10.0. The number of rotatable bonds is 5. The number of hydrogen-bond acceptors (Lipinski definition) is 5. The van der Waals surface area contributed by atoms with Gasteiger partial charge in [0.05, 0.1) is 12.1 Å². The molecule has 2 heterocycles. The van der Waals surface area contributed by atoms with Crippen molar-refractivity contribution in [3.05, 3.63) is 65.7 Å². The van der Waals surface area contributed by atoms with Crippen molar-refractivity contribution in [1.29, 1.82) is 0 Å². The van der Waals surface area contributed by atoms with Gasteiger partial charge in [-0.15, -0.1) is 0 Å². The molecule has 0 aromatic heterocycles. The van der Waals surface area contributed by atoms with Crippen LogP contribution in [0, 0.1) is 0 Å². The van der Waals surface area contributed by atoms with E-state index in [0.717, 1.165) is 37.1 Å². The molecule has 32 heavy (non-hydrogen) atoms. The van der Waals surface area contributed by atoms with Gasteiger partial charge in [0.2, 0.25) is 5.91 Å². The molecule has 2 bridgehead atoms. The highest BCUT2D eigenvalue weighted by Crippen LogP contribution is 2.31. The summed E-state index contributed by atoms with van der Waals surface area (Å²) in [5.74, 6) is 0.121. The Morgan fingerprint density at radius 2 is 1.62 bits per heavy atom. The molecule has 4 rings (SSSR count). The van der Waals surface area contributed by atoms with E-state index in [1.807, 2.05) is 56.3 Å². The summed E-state index contributed by atoms with van der Waals surface area (Å²) in [5, 5.41) is 12.7. The van der Waals surface area contributed by atoms with E-state index in [1.54, 1.807) is 17.1 Å². The number of ether oxygens (including phenoxy) is 1. The summed E-state index contributed by atoms with van der Waals surface area (Å²) in [5.41, 5.74) is 1.98. The van der Waals surface area contributed by atoms with Crippen LogP contribution in [0.25, 0.3) is 0 Å². The monoisotopic (exact) mass is 439 g/mol. The minimum Gasteiger partial charge on any atom is -0.508 e. The average Bonchev–Trinajstić information content (AvgIpc) is 3.08. The van der Waals surface area contributed by atoms with Crippen molar-refractivity contribution < 1.29 is 19.4 Å². The summed E-state index contributed by atoms with van der Waals surface area (Å²) >= 11 is 0. The molecule has 0 radical (unpaired) electrons. The normalized spacial score (nSPS) is 19.8. The van der Waals surface area contributed by atoms with Crippen LogP contribution in [0.2, 0.25) is 0 Å². The van der Waals surface area contributed by atoms with Crippen LogP contribution in [0.3, 0.4) is 0 Å². The smallest absolute Gasteiger partial charge is 0.429 e. The molecule has 2 aromatic carbocycles. The predicted octanol–water partition coefficient (Wildman–Crippen LogP) is 3.82. The third-order valence-electron chi connectivity index (χ3n) is 5.75. The van der Waals surface area contributed by atoms with E-state index in [1.165, 1.54) is 11.9 Å². The Morgan fingerprint density at radius 1 is 0.969 bits per heavy atom. The second-order valence-electron chi connectivity index (χ2n) is 7.97. The summed E-state index contributed by atoms with van der Waals surface area (Å²) in [4.78, 5) is 27.5. The molecule has 2 aliphatic rings. The first-order chi connectivity index (χ1) is 15.5. The minimum absolute atomic E-state index is 0.0327. The second kappa shape index (κ2) is 11.0. The number of carbonyl (C=O) groups is 2. The number of fused-ring (bicyclic) bond motifs is 2. The highest BCUT2D eigenvalue weighted by Gasteiger charge is 2.48. The number of hydrogen-bond donors (Lipinski definition) is 1. The van der Waals surface area contributed by atoms with Gasteiger partial charge < -0.3 is 9.84 Å². The lowest BCUT2D eigenvalue weighted by Gasteiger charge is -2.30. The highest BCUT2D eigenvalue weighted by molar-refractivity contribution is 5.78. The number of phenols is 1. The predicted molar refractivity (Wildman–Crippen MR) is 123 cm³/mol. The Hall–Kier alpha value is -3.06. The largest absolute Gasteiger partial charge is 0.508 e. The van der Waals surface area contributed by atoms with Crippen molar-refractivity contribution in [2.45, 2.75) is 52.3 Å². The lowest BCUT2D eigenvalue weighted by molar-refractivity contribution is -0.143. The van der Waals surface area contributed by atoms with Crippen molar-refractivity contribution in [3.8, 4) is 5.75 Å². The zero-order chi connectivity index (χ0) is 23.1. The first-order valence-electron chi connectivity index (χ1n) is 11.3. The number of benzene rings is 2. The molecule has 0 aliphatic carbocycles. The SMILES string of the molecule is CC.CC(=O)N1C2CC(CN(CCc3cccc(O)c3)C2)N1C(=O)OCc1ccccc1. The van der Waals surface area contributed by atoms with Gasteiger partial charge >= 0.3 is 6.09 Å². The van der Waals surface area contributed by atoms with E-state index >= 15 is 0 Å². The van der Waals surface area contributed by atoms with Crippen LogP contribution in [-0.2, 0) is 22.6 Å². The van der Waals surface area contributed by atoms with Crippen molar-refractivity contribution >= 4 is 12.0 Å². The van der Waals surface area contributed by atoms with E-state index in [4.69, 9.17) is 4.74 Å². The number of piperidine rings is 1. The lowest BCUT2D eigenvalue weighted by Crippen LogP contribution is -2.49. The summed E-state index contributed by atoms with van der Waals surface area (Å²) in [7, 11) is 0. The fraction of sp³-hybridized carbons (Fsp3) is 0.440. The highest BCUT2D eigenvalue weighted by atomic mass is 16.6. The van der Waals surface area contributed by atoms with Crippen molar-refractivity contribution in [2.75, 3.05) is 19.6 Å². The number of hydrazine groups is 1. The Bertz CT molecular complexity index is 905. The standard InChI is InChI=1S/C23H27N3O4.C2H6/c1-17(27)25-20-13-21(26(25)23(29)30-16-19-6-3-2-4-7-19)15-24(14-20)11-10-18-8-5-9-22(28)12-18;1-2/h2-9,12,20-21,28H,10-11,13-16H2,1H3;1-2H3. The molecule has 2 amide bonds. The average molecular weight is 440 g/mol. The van der Waals surface area contributed by atoms with Gasteiger partial charge in [-0.2, -0.15) is 0 Å². The Balaban J connectivity index is 0.00000141. The zero-order valence-electron chi connectivity index (χ0n) is 19.1. The third kappa shape index (κ3) is 5.59. The van der Waals surface area contributed by atoms with E-state index in [9.17, 15) is 14.7 Å². The van der Waals surface area contributed by atoms with E-state index in [0.29, 0.717) is 6.54 Å². The van der Waals surface area contributed by atoms with Gasteiger partial charge in [0.1, 0.15) is 12.4 Å². The molecule has 1 N–H and O–H groups in total. The zero-order valence-corrected chi connectivity index (χ0v) is 19.1. The molecular weight excluding hydrogens is 406 g/mol. The molecule has 7 heteroatoms. The molecule has 2 saturated heterocycles. The number of carbonyl (C=O) groups excluding carboxylic acids is 2. The first kappa shape index (κ1) is 23.6. The molecule has 0 saturated carbocycles. The summed E-state index contributed by atoms with van der Waals surface area (Å²) in [6.07, 6.45) is 1.09. The maximum absolute atomic E-state index is 12.9. The van der Waals surface area contributed by atoms with Gasteiger partial charge in [-0.1, -0.05) is 56.3 Å². The number of amides is 2. The minimum atomic E-state index is -0.476. The van der Waals surface area contributed by atoms with Gasteiger partial charge in [-0.25, -0.2) is 14.8 Å². The van der Waals surface area contributed by atoms with Crippen LogP contribution in [0.15, 0.2) is 54.6 Å². The maximum Gasteiger partial charge on any atom is 0.429 e. The van der Waals surface area contributed by atoms with Gasteiger partial charge in [0, 0.05) is 26.6 Å². The van der Waals surface area contributed by atoms with E-state index < -0.39 is 6.09 Å². The Morgan fingerprint density at radius 3 is 2.28 bits per heavy atom. The molecule has 2 fully saturated rings. The molecule has 2 atom stereocenters. The van der Waals surface area contributed by atoms with E-state index in [2.05, 4.69) is 4.90 Å². The number of aromatic hydroxyl groups is 1. The van der Waals surface area contributed by atoms with E-state index in [-0.39, 0.29) is 30.3 Å². The van der Waals surface area contributed by atoms with Crippen LogP contribution < -0.4 is 0 Å². The molecule has 0 spiro atoms. The van der Waals surface area contributed by atoms with Gasteiger partial charge in [0.25, 0.3) is 0 Å². The Labute approximate surface area is 190 Å². The van der Waals surface area contributed by atoms with Crippen LogP contribution in [0.5, 0.6) is 5.75 Å². The quantitative estimate of drug-likeness (QED) is 0.767. The summed E-state index contributed by atoms with van der Waals surface area (Å²) in [6, 6.07) is 16.7. The van der Waals surface area contributed by atoms with Crippen LogP contribution in [0.1, 0.15) is 38.3 Å². The van der Waals surface area contributed by atoms with Gasteiger partial charge in [0.15, 0.2) is 0 Å². The topological polar surface area (TPSA) is 73.3 Å². The third-order valence-corrected chi connectivity index (χ3v) is 5.75. The molecule has 7 nitrogen and oxygen atoms in total. The van der Waals surface area contributed by atoms with Crippen LogP contribution in [-0.4, -0.2) is 63.7 Å². The Kier molecular flexibility index (Phi) is 8.11. The number of likely N-dealkylation sites (tertiary alicyclic amines) is 1.